The van der Waals surface area contributed by atoms with Gasteiger partial charge in [-0.25, -0.2) is 0 Å². The van der Waals surface area contributed by atoms with E-state index in [1.807, 2.05) is 0 Å². The minimum Gasteiger partial charge on any atom is -0.451 e. The lowest BCUT2D eigenvalue weighted by atomic mass is 10.1. The molecule has 0 aliphatic carbocycles. The third kappa shape index (κ3) is 1.95. The zero-order chi connectivity index (χ0) is 13.4. The van der Waals surface area contributed by atoms with Gasteiger partial charge in [-0.1, -0.05) is 0 Å². The lowest BCUT2D eigenvalue weighted by molar-refractivity contribution is -0.385. The monoisotopic (exact) mass is 266 g/mol. The molecule has 2 heterocycles. The van der Waals surface area contributed by atoms with Gasteiger partial charge in [0.15, 0.2) is 5.75 Å². The molecule has 0 radical (unpaired) electrons. The number of rotatable bonds is 3. The summed E-state index contributed by atoms with van der Waals surface area (Å²) in [6.07, 6.45) is 0.906. The van der Waals surface area contributed by atoms with Crippen LogP contribution in [0.2, 0.25) is 0 Å². The quantitative estimate of drug-likeness (QED) is 0.652. The number of nitro benzene ring substituents is 1. The predicted octanol–water partition coefficient (Wildman–Crippen LogP) is 1.14. The van der Waals surface area contributed by atoms with Crippen LogP contribution in [-0.4, -0.2) is 36.5 Å². The molecule has 7 heteroatoms. The van der Waals surface area contributed by atoms with Gasteiger partial charge in [0.1, 0.15) is 0 Å². The number of nitro groups is 1. The van der Waals surface area contributed by atoms with Gasteiger partial charge in [-0.05, 0) is 12.5 Å². The summed E-state index contributed by atoms with van der Waals surface area (Å²) in [5.74, 6) is 0.885. The van der Waals surface area contributed by atoms with E-state index in [2.05, 4.69) is 4.90 Å². The molecule has 0 spiro atoms. The van der Waals surface area contributed by atoms with Crippen LogP contribution < -0.4 is 14.4 Å². The third-order valence-electron chi connectivity index (χ3n) is 3.56. The summed E-state index contributed by atoms with van der Waals surface area (Å²) in [5, 5.41) is 20.1. The van der Waals surface area contributed by atoms with Crippen LogP contribution in [0.25, 0.3) is 0 Å². The molecule has 19 heavy (non-hydrogen) atoms. The zero-order valence-electron chi connectivity index (χ0n) is 10.2. The Labute approximate surface area is 109 Å². The van der Waals surface area contributed by atoms with E-state index in [0.717, 1.165) is 25.2 Å². The van der Waals surface area contributed by atoms with Crippen molar-refractivity contribution in [3.8, 4) is 11.5 Å². The van der Waals surface area contributed by atoms with Crippen molar-refractivity contribution in [1.29, 1.82) is 0 Å². The number of aliphatic hydroxyl groups excluding tert-OH is 1. The first kappa shape index (κ1) is 12.0. The van der Waals surface area contributed by atoms with Crippen LogP contribution in [0.1, 0.15) is 6.42 Å². The smallest absolute Gasteiger partial charge is 0.315 e. The predicted molar refractivity (Wildman–Crippen MR) is 66.6 cm³/mol. The maximum Gasteiger partial charge on any atom is 0.315 e. The Balaban J connectivity index is 1.96. The second-order valence-electron chi connectivity index (χ2n) is 4.71. The SMILES string of the molecule is O=[N+]([O-])c1ccc(N2CCC(CO)C2)c2c1OCO2. The van der Waals surface area contributed by atoms with Gasteiger partial charge in [-0.2, -0.15) is 0 Å². The summed E-state index contributed by atoms with van der Waals surface area (Å²) in [7, 11) is 0. The fourth-order valence-corrected chi connectivity index (χ4v) is 2.56. The van der Waals surface area contributed by atoms with Gasteiger partial charge in [-0.15, -0.1) is 0 Å². The minimum absolute atomic E-state index is 0.00442. The summed E-state index contributed by atoms with van der Waals surface area (Å²) in [4.78, 5) is 12.5. The number of nitrogens with zero attached hydrogens (tertiary/aromatic N) is 2. The lowest BCUT2D eigenvalue weighted by Crippen LogP contribution is -2.21. The van der Waals surface area contributed by atoms with Crippen LogP contribution in [0, 0.1) is 16.0 Å². The molecule has 102 valence electrons. The van der Waals surface area contributed by atoms with Gasteiger partial charge in [0.05, 0.1) is 10.6 Å². The van der Waals surface area contributed by atoms with E-state index in [1.165, 1.54) is 6.07 Å². The molecule has 1 aromatic rings. The average molecular weight is 266 g/mol. The van der Waals surface area contributed by atoms with E-state index in [9.17, 15) is 10.1 Å². The van der Waals surface area contributed by atoms with Gasteiger partial charge in [0.25, 0.3) is 0 Å². The van der Waals surface area contributed by atoms with Crippen molar-refractivity contribution >= 4 is 11.4 Å². The number of anilines is 1. The fraction of sp³-hybridized carbons (Fsp3) is 0.500. The molecular weight excluding hydrogens is 252 g/mol. The molecule has 0 amide bonds. The average Bonchev–Trinajstić information content (AvgIpc) is 3.06. The van der Waals surface area contributed by atoms with E-state index in [1.54, 1.807) is 6.07 Å². The van der Waals surface area contributed by atoms with Gasteiger partial charge < -0.3 is 19.5 Å². The van der Waals surface area contributed by atoms with Crippen LogP contribution in [0.4, 0.5) is 11.4 Å². The van der Waals surface area contributed by atoms with Crippen molar-refractivity contribution in [2.75, 3.05) is 31.4 Å². The van der Waals surface area contributed by atoms with Crippen LogP contribution in [0.3, 0.4) is 0 Å². The topological polar surface area (TPSA) is 85.1 Å². The van der Waals surface area contributed by atoms with E-state index in [-0.39, 0.29) is 30.8 Å². The Morgan fingerprint density at radius 2 is 2.21 bits per heavy atom. The maximum absolute atomic E-state index is 10.9. The molecule has 1 unspecified atom stereocenters. The molecule has 1 fully saturated rings. The molecule has 1 aromatic carbocycles. The summed E-state index contributed by atoms with van der Waals surface area (Å²) in [5.41, 5.74) is 0.725. The highest BCUT2D eigenvalue weighted by Gasteiger charge is 2.32. The highest BCUT2D eigenvalue weighted by molar-refractivity contribution is 5.72. The third-order valence-corrected chi connectivity index (χ3v) is 3.56. The van der Waals surface area contributed by atoms with Gasteiger partial charge in [0.2, 0.25) is 12.5 Å². The number of fused-ring (bicyclic) bond motifs is 1. The van der Waals surface area contributed by atoms with Crippen LogP contribution in [-0.2, 0) is 0 Å². The van der Waals surface area contributed by atoms with Gasteiger partial charge in [0, 0.05) is 31.7 Å². The second kappa shape index (κ2) is 4.58. The minimum atomic E-state index is -0.474. The summed E-state index contributed by atoms with van der Waals surface area (Å²) in [6.45, 7) is 1.69. The zero-order valence-corrected chi connectivity index (χ0v) is 10.2. The van der Waals surface area contributed by atoms with Crippen molar-refractivity contribution in [1.82, 2.24) is 0 Å². The Morgan fingerprint density at radius 3 is 2.89 bits per heavy atom. The molecule has 1 saturated heterocycles. The Kier molecular flexibility index (Phi) is 2.90. The van der Waals surface area contributed by atoms with E-state index in [4.69, 9.17) is 14.6 Å². The molecule has 2 aliphatic heterocycles. The number of benzene rings is 1. The molecule has 1 N–H and O–H groups in total. The molecule has 0 bridgehead atoms. The molecule has 3 rings (SSSR count). The highest BCUT2D eigenvalue weighted by atomic mass is 16.7. The van der Waals surface area contributed by atoms with Crippen LogP contribution in [0.15, 0.2) is 12.1 Å². The molecule has 7 nitrogen and oxygen atoms in total. The second-order valence-corrected chi connectivity index (χ2v) is 4.71. The van der Waals surface area contributed by atoms with Gasteiger partial charge in [-0.3, -0.25) is 10.1 Å². The maximum atomic E-state index is 10.9. The summed E-state index contributed by atoms with van der Waals surface area (Å²) in [6, 6.07) is 3.13. The van der Waals surface area contributed by atoms with E-state index >= 15 is 0 Å². The fourth-order valence-electron chi connectivity index (χ4n) is 2.56. The van der Waals surface area contributed by atoms with Crippen LogP contribution >= 0.6 is 0 Å². The first-order valence-electron chi connectivity index (χ1n) is 6.13. The van der Waals surface area contributed by atoms with Crippen molar-refractivity contribution in [2.45, 2.75) is 6.42 Å². The number of aliphatic hydroxyl groups is 1. The number of hydrogen-bond donors (Lipinski definition) is 1. The molecule has 1 atom stereocenters. The Morgan fingerprint density at radius 1 is 1.42 bits per heavy atom. The highest BCUT2D eigenvalue weighted by Crippen LogP contribution is 2.47. The van der Waals surface area contributed by atoms with E-state index < -0.39 is 4.92 Å². The number of ether oxygens (including phenoxy) is 2. The first-order chi connectivity index (χ1) is 9.20. The molecular formula is C12H14N2O5. The van der Waals surface area contributed by atoms with Crippen molar-refractivity contribution < 1.29 is 19.5 Å². The van der Waals surface area contributed by atoms with E-state index in [0.29, 0.717) is 5.75 Å². The molecule has 2 aliphatic rings. The normalized spacial score (nSPS) is 20.9. The summed E-state index contributed by atoms with van der Waals surface area (Å²) < 4.78 is 10.6. The number of hydrogen-bond acceptors (Lipinski definition) is 6. The largest absolute Gasteiger partial charge is 0.451 e. The first-order valence-corrected chi connectivity index (χ1v) is 6.13. The van der Waals surface area contributed by atoms with Gasteiger partial charge >= 0.3 is 5.69 Å². The van der Waals surface area contributed by atoms with Crippen LogP contribution in [0.5, 0.6) is 11.5 Å². The van der Waals surface area contributed by atoms with Crippen molar-refractivity contribution in [2.24, 2.45) is 5.92 Å². The lowest BCUT2D eigenvalue weighted by Gasteiger charge is -2.19. The molecule has 0 aromatic heterocycles. The van der Waals surface area contributed by atoms with Crippen molar-refractivity contribution in [3.63, 3.8) is 0 Å². The molecule has 0 saturated carbocycles. The van der Waals surface area contributed by atoms with Crippen molar-refractivity contribution in [3.05, 3.63) is 22.2 Å². The summed E-state index contributed by atoms with van der Waals surface area (Å²) >= 11 is 0. The Hall–Kier alpha value is -2.02. The Bertz CT molecular complexity index is 519. The standard InChI is InChI=1S/C12H14N2O5/c15-6-8-3-4-13(5-8)9-1-2-10(14(16)17)12-11(9)18-7-19-12/h1-2,8,15H,3-7H2.